The molecular weight excluding hydrogens is 252 g/mol. The third-order valence-electron chi connectivity index (χ3n) is 2.50. The van der Waals surface area contributed by atoms with Gasteiger partial charge in [-0.05, 0) is 6.92 Å². The molecule has 1 aromatic heterocycles. The minimum Gasteiger partial charge on any atom is -0.463 e. The van der Waals surface area contributed by atoms with Crippen LogP contribution in [0.15, 0.2) is 30.3 Å². The first-order valence-corrected chi connectivity index (χ1v) is 5.69. The average molecular weight is 263 g/mol. The topological polar surface area (TPSA) is 52.1 Å². The highest BCUT2D eigenvalue weighted by molar-refractivity contribution is 6.30. The summed E-state index contributed by atoms with van der Waals surface area (Å²) >= 11 is 6.01. The molecule has 0 spiro atoms. The second-order valence-corrected chi connectivity index (χ2v) is 4.03. The predicted molar refractivity (Wildman–Crippen MR) is 68.6 cm³/mol. The van der Waals surface area contributed by atoms with Crippen molar-refractivity contribution in [3.63, 3.8) is 0 Å². The lowest BCUT2D eigenvalue weighted by atomic mass is 10.1. The monoisotopic (exact) mass is 262 g/mol. The van der Waals surface area contributed by atoms with E-state index in [2.05, 4.69) is 14.7 Å². The largest absolute Gasteiger partial charge is 0.463 e. The Morgan fingerprint density at radius 3 is 2.50 bits per heavy atom. The number of nitrogens with zero attached hydrogens (tertiary/aromatic N) is 2. The van der Waals surface area contributed by atoms with Crippen LogP contribution in [0.1, 0.15) is 16.2 Å². The number of carbonyl (C=O) groups is 1. The summed E-state index contributed by atoms with van der Waals surface area (Å²) in [6.45, 7) is 1.81. The van der Waals surface area contributed by atoms with Gasteiger partial charge in [0.15, 0.2) is 0 Å². The molecule has 5 heteroatoms. The summed E-state index contributed by atoms with van der Waals surface area (Å²) in [7, 11) is 1.28. The third kappa shape index (κ3) is 2.33. The number of methoxy groups -OCH3 is 1. The van der Waals surface area contributed by atoms with Crippen molar-refractivity contribution in [2.75, 3.05) is 7.11 Å². The Balaban J connectivity index is 2.60. The standard InChI is InChI=1S/C13H11ClN2O2/c1-8-10(9-6-4-3-5-7-9)15-12(13(17)18-2)16-11(8)14/h3-7H,1-2H3. The quantitative estimate of drug-likeness (QED) is 0.617. The van der Waals surface area contributed by atoms with Crippen molar-refractivity contribution in [2.45, 2.75) is 6.92 Å². The Morgan fingerprint density at radius 2 is 1.89 bits per heavy atom. The van der Waals surface area contributed by atoms with Gasteiger partial charge in [-0.1, -0.05) is 41.9 Å². The molecule has 0 amide bonds. The van der Waals surface area contributed by atoms with Crippen LogP contribution in [0.2, 0.25) is 5.15 Å². The Bertz CT molecular complexity index is 585. The molecule has 0 radical (unpaired) electrons. The molecule has 2 aromatic rings. The van der Waals surface area contributed by atoms with Crippen LogP contribution >= 0.6 is 11.6 Å². The van der Waals surface area contributed by atoms with E-state index in [1.165, 1.54) is 7.11 Å². The smallest absolute Gasteiger partial charge is 0.376 e. The summed E-state index contributed by atoms with van der Waals surface area (Å²) < 4.78 is 4.60. The number of hydrogen-bond acceptors (Lipinski definition) is 4. The molecule has 1 aromatic carbocycles. The molecule has 0 fully saturated rings. The predicted octanol–water partition coefficient (Wildman–Crippen LogP) is 2.89. The van der Waals surface area contributed by atoms with Crippen LogP contribution in [0.4, 0.5) is 0 Å². The van der Waals surface area contributed by atoms with Gasteiger partial charge in [0.25, 0.3) is 0 Å². The molecule has 0 aliphatic carbocycles. The Morgan fingerprint density at radius 1 is 1.22 bits per heavy atom. The molecule has 1 heterocycles. The summed E-state index contributed by atoms with van der Waals surface area (Å²) in [5.41, 5.74) is 2.25. The molecule has 18 heavy (non-hydrogen) atoms. The maximum Gasteiger partial charge on any atom is 0.376 e. The minimum absolute atomic E-state index is 0.0352. The van der Waals surface area contributed by atoms with Crippen LogP contribution in [0.25, 0.3) is 11.3 Å². The molecule has 0 N–H and O–H groups in total. The van der Waals surface area contributed by atoms with Gasteiger partial charge in [-0.2, -0.15) is 0 Å². The van der Waals surface area contributed by atoms with E-state index in [1.807, 2.05) is 37.3 Å². The van der Waals surface area contributed by atoms with Crippen molar-refractivity contribution in [2.24, 2.45) is 0 Å². The normalized spacial score (nSPS) is 10.2. The lowest BCUT2D eigenvalue weighted by Gasteiger charge is -2.08. The number of hydrogen-bond donors (Lipinski definition) is 0. The molecular formula is C13H11ClN2O2. The molecule has 0 bridgehead atoms. The molecule has 2 rings (SSSR count). The Kier molecular flexibility index (Phi) is 3.58. The molecule has 0 unspecified atom stereocenters. The fourth-order valence-electron chi connectivity index (χ4n) is 1.55. The van der Waals surface area contributed by atoms with Gasteiger partial charge in [0.1, 0.15) is 5.15 Å². The number of benzene rings is 1. The van der Waals surface area contributed by atoms with Crippen molar-refractivity contribution in [3.8, 4) is 11.3 Å². The number of ether oxygens (including phenoxy) is 1. The molecule has 92 valence electrons. The lowest BCUT2D eigenvalue weighted by molar-refractivity contribution is 0.0587. The summed E-state index contributed by atoms with van der Waals surface area (Å²) in [6.07, 6.45) is 0. The van der Waals surface area contributed by atoms with E-state index in [-0.39, 0.29) is 11.0 Å². The number of halogens is 1. The van der Waals surface area contributed by atoms with Gasteiger partial charge in [-0.25, -0.2) is 14.8 Å². The highest BCUT2D eigenvalue weighted by atomic mass is 35.5. The van der Waals surface area contributed by atoms with Crippen molar-refractivity contribution in [3.05, 3.63) is 46.9 Å². The fraction of sp³-hybridized carbons (Fsp3) is 0.154. The SMILES string of the molecule is COC(=O)c1nc(Cl)c(C)c(-c2ccccc2)n1. The van der Waals surface area contributed by atoms with E-state index in [4.69, 9.17) is 11.6 Å². The van der Waals surface area contributed by atoms with E-state index in [0.717, 1.165) is 11.1 Å². The highest BCUT2D eigenvalue weighted by Crippen LogP contribution is 2.25. The van der Waals surface area contributed by atoms with Crippen LogP contribution in [-0.4, -0.2) is 23.0 Å². The molecule has 0 saturated carbocycles. The van der Waals surface area contributed by atoms with Crippen LogP contribution in [-0.2, 0) is 4.74 Å². The van der Waals surface area contributed by atoms with Crippen molar-refractivity contribution in [1.29, 1.82) is 0 Å². The summed E-state index contributed by atoms with van der Waals surface area (Å²) in [5.74, 6) is -0.638. The second kappa shape index (κ2) is 5.14. The zero-order chi connectivity index (χ0) is 13.1. The van der Waals surface area contributed by atoms with Gasteiger partial charge < -0.3 is 4.74 Å². The molecule has 4 nitrogen and oxygen atoms in total. The Hall–Kier alpha value is -1.94. The average Bonchev–Trinajstić information content (AvgIpc) is 2.41. The first kappa shape index (κ1) is 12.5. The fourth-order valence-corrected chi connectivity index (χ4v) is 1.72. The molecule has 0 saturated heterocycles. The molecule has 0 atom stereocenters. The van der Waals surface area contributed by atoms with Crippen molar-refractivity contribution < 1.29 is 9.53 Å². The van der Waals surface area contributed by atoms with E-state index in [1.54, 1.807) is 0 Å². The second-order valence-electron chi connectivity index (χ2n) is 3.67. The molecule has 0 aliphatic rings. The number of rotatable bonds is 2. The number of esters is 1. The first-order chi connectivity index (χ1) is 8.63. The number of aromatic nitrogens is 2. The minimum atomic E-state index is -0.603. The maximum atomic E-state index is 11.5. The molecule has 0 aliphatic heterocycles. The maximum absolute atomic E-state index is 11.5. The Labute approximate surface area is 110 Å². The number of carbonyl (C=O) groups excluding carboxylic acids is 1. The van der Waals surface area contributed by atoms with Crippen LogP contribution in [0.3, 0.4) is 0 Å². The van der Waals surface area contributed by atoms with Gasteiger partial charge >= 0.3 is 5.97 Å². The van der Waals surface area contributed by atoms with Gasteiger partial charge in [0, 0.05) is 11.1 Å². The lowest BCUT2D eigenvalue weighted by Crippen LogP contribution is -2.09. The van der Waals surface area contributed by atoms with Gasteiger partial charge in [0.2, 0.25) is 5.82 Å². The summed E-state index contributed by atoms with van der Waals surface area (Å²) in [4.78, 5) is 19.6. The van der Waals surface area contributed by atoms with Gasteiger partial charge in [0.05, 0.1) is 12.8 Å². The van der Waals surface area contributed by atoms with E-state index >= 15 is 0 Å². The van der Waals surface area contributed by atoms with Crippen molar-refractivity contribution in [1.82, 2.24) is 9.97 Å². The van der Waals surface area contributed by atoms with E-state index in [9.17, 15) is 4.79 Å². The van der Waals surface area contributed by atoms with Crippen LogP contribution in [0.5, 0.6) is 0 Å². The zero-order valence-corrected chi connectivity index (χ0v) is 10.7. The van der Waals surface area contributed by atoms with Gasteiger partial charge in [-0.15, -0.1) is 0 Å². The van der Waals surface area contributed by atoms with Crippen molar-refractivity contribution >= 4 is 17.6 Å². The third-order valence-corrected chi connectivity index (χ3v) is 2.87. The van der Waals surface area contributed by atoms with Crippen LogP contribution in [0, 0.1) is 6.92 Å². The van der Waals surface area contributed by atoms with E-state index in [0.29, 0.717) is 5.69 Å². The summed E-state index contributed by atoms with van der Waals surface area (Å²) in [5, 5.41) is 0.254. The zero-order valence-electron chi connectivity index (χ0n) is 9.98. The van der Waals surface area contributed by atoms with Gasteiger partial charge in [-0.3, -0.25) is 0 Å². The summed E-state index contributed by atoms with van der Waals surface area (Å²) in [6, 6.07) is 9.48. The highest BCUT2D eigenvalue weighted by Gasteiger charge is 2.16. The first-order valence-electron chi connectivity index (χ1n) is 5.31. The van der Waals surface area contributed by atoms with E-state index < -0.39 is 5.97 Å². The van der Waals surface area contributed by atoms with Crippen LogP contribution < -0.4 is 0 Å².